The number of carbonyl (C=O) groups is 1. The number of aryl methyl sites for hydroxylation is 1. The number of rotatable bonds is 3. The van der Waals surface area contributed by atoms with E-state index in [2.05, 4.69) is 23.1 Å². The average Bonchev–Trinajstić information content (AvgIpc) is 3.42. The minimum Gasteiger partial charge on any atom is -0.294 e. The van der Waals surface area contributed by atoms with Gasteiger partial charge in [0.2, 0.25) is 0 Å². The summed E-state index contributed by atoms with van der Waals surface area (Å²) >= 11 is 0. The van der Waals surface area contributed by atoms with Gasteiger partial charge in [0, 0.05) is 11.8 Å². The molecule has 1 atom stereocenters. The van der Waals surface area contributed by atoms with Crippen LogP contribution in [0.3, 0.4) is 0 Å². The minimum absolute atomic E-state index is 0.0526. The molecule has 1 aliphatic rings. The topological polar surface area (TPSA) is 60.7 Å². The van der Waals surface area contributed by atoms with Crippen LogP contribution in [0.2, 0.25) is 0 Å². The number of aldehydes is 1. The molecule has 5 rings (SSSR count). The lowest BCUT2D eigenvalue weighted by Gasteiger charge is -2.13. The summed E-state index contributed by atoms with van der Waals surface area (Å²) in [7, 11) is 0. The number of hydrogen-bond donors (Lipinski definition) is 0. The largest absolute Gasteiger partial charge is 0.294 e. The van der Waals surface area contributed by atoms with Crippen molar-refractivity contribution in [1.82, 2.24) is 19.7 Å². The van der Waals surface area contributed by atoms with Crippen molar-refractivity contribution in [2.45, 2.75) is 32.7 Å². The highest BCUT2D eigenvalue weighted by Gasteiger charge is 2.28. The van der Waals surface area contributed by atoms with Crippen LogP contribution in [0.5, 0.6) is 0 Å². The molecule has 0 fully saturated rings. The molecule has 1 unspecified atom stereocenters. The molecule has 32 heavy (non-hydrogen) atoms. The van der Waals surface area contributed by atoms with Crippen molar-refractivity contribution in [3.63, 3.8) is 0 Å². The Labute approximate surface area is 185 Å². The molecule has 0 amide bonds. The number of halogens is 2. The molecule has 164 valence electrons. The van der Waals surface area contributed by atoms with Gasteiger partial charge in [0.15, 0.2) is 17.8 Å². The molecule has 0 aliphatic heterocycles. The molecule has 0 bridgehead atoms. The van der Waals surface area contributed by atoms with Crippen LogP contribution in [-0.2, 0) is 6.42 Å². The van der Waals surface area contributed by atoms with Crippen LogP contribution in [0.15, 0.2) is 61.8 Å². The van der Waals surface area contributed by atoms with Crippen LogP contribution in [0.1, 0.15) is 48.1 Å². The second kappa shape index (κ2) is 10.0. The fraction of sp³-hybridized carbons (Fsp3) is 0.200. The first kappa shape index (κ1) is 22.9. The molecule has 2 aromatic carbocycles. The van der Waals surface area contributed by atoms with Crippen LogP contribution in [-0.4, -0.2) is 26.0 Å². The molecular weight excluding hydrogens is 410 g/mol. The number of hydrogen-bond acceptors (Lipinski definition) is 4. The first-order valence-electron chi connectivity index (χ1n) is 10.4. The van der Waals surface area contributed by atoms with Crippen molar-refractivity contribution >= 4 is 17.3 Å². The van der Waals surface area contributed by atoms with Crippen LogP contribution in [0.4, 0.5) is 8.78 Å². The van der Waals surface area contributed by atoms with Gasteiger partial charge >= 0.3 is 0 Å². The molecule has 2 aromatic heterocycles. The minimum atomic E-state index is -0.341. The Kier molecular flexibility index (Phi) is 7.20. The Morgan fingerprint density at radius 3 is 2.44 bits per heavy atom. The summed E-state index contributed by atoms with van der Waals surface area (Å²) in [4.78, 5) is 19.6. The van der Waals surface area contributed by atoms with E-state index < -0.39 is 0 Å². The van der Waals surface area contributed by atoms with Gasteiger partial charge in [-0.2, -0.15) is 5.10 Å². The smallest absolute Gasteiger partial charge is 0.194 e. The Morgan fingerprint density at radius 2 is 1.75 bits per heavy atom. The summed E-state index contributed by atoms with van der Waals surface area (Å²) < 4.78 is 28.9. The van der Waals surface area contributed by atoms with E-state index in [1.165, 1.54) is 24.3 Å². The van der Waals surface area contributed by atoms with Gasteiger partial charge < -0.3 is 0 Å². The van der Waals surface area contributed by atoms with E-state index in [1.807, 2.05) is 13.8 Å². The quantitative estimate of drug-likeness (QED) is 0.295. The van der Waals surface area contributed by atoms with Gasteiger partial charge in [-0.05, 0) is 60.4 Å². The van der Waals surface area contributed by atoms with Crippen molar-refractivity contribution < 1.29 is 13.6 Å². The van der Waals surface area contributed by atoms with E-state index in [4.69, 9.17) is 5.10 Å². The maximum Gasteiger partial charge on any atom is 0.194 e. The highest BCUT2D eigenvalue weighted by atomic mass is 19.1. The predicted molar refractivity (Wildman–Crippen MR) is 122 cm³/mol. The lowest BCUT2D eigenvalue weighted by atomic mass is 10.1. The maximum absolute atomic E-state index is 13.9. The van der Waals surface area contributed by atoms with Gasteiger partial charge in [0.05, 0.1) is 11.4 Å². The zero-order valence-electron chi connectivity index (χ0n) is 18.1. The zero-order valence-corrected chi connectivity index (χ0v) is 18.1. The van der Waals surface area contributed by atoms with Crippen molar-refractivity contribution in [2.24, 2.45) is 0 Å². The third-order valence-corrected chi connectivity index (χ3v) is 5.14. The van der Waals surface area contributed by atoms with Crippen molar-refractivity contribution in [2.75, 3.05) is 0 Å². The number of benzene rings is 2. The Bertz CT molecular complexity index is 1230. The molecule has 1 aliphatic carbocycles. The first-order valence-corrected chi connectivity index (χ1v) is 10.4. The van der Waals surface area contributed by atoms with Gasteiger partial charge in [-0.1, -0.05) is 19.9 Å². The van der Waals surface area contributed by atoms with E-state index in [0.29, 0.717) is 28.6 Å². The number of carbonyl (C=O) groups excluding carboxylic acids is 1. The Balaban J connectivity index is 0.000000686. The molecule has 0 saturated heterocycles. The fourth-order valence-corrected chi connectivity index (χ4v) is 3.84. The van der Waals surface area contributed by atoms with Crippen LogP contribution in [0.25, 0.3) is 22.3 Å². The van der Waals surface area contributed by atoms with Crippen LogP contribution >= 0.6 is 0 Å². The van der Waals surface area contributed by atoms with Crippen molar-refractivity contribution in [3.8, 4) is 11.3 Å². The third-order valence-electron chi connectivity index (χ3n) is 5.14. The van der Waals surface area contributed by atoms with Gasteiger partial charge in [0.25, 0.3) is 0 Å². The molecule has 5 nitrogen and oxygen atoms in total. The van der Waals surface area contributed by atoms with E-state index in [-0.39, 0.29) is 23.5 Å². The molecule has 7 heteroatoms. The molecule has 0 radical (unpaired) electrons. The second-order valence-electron chi connectivity index (χ2n) is 6.78. The normalized spacial score (nSPS) is 14.1. The van der Waals surface area contributed by atoms with E-state index in [9.17, 15) is 13.6 Å². The Morgan fingerprint density at radius 1 is 1.06 bits per heavy atom. The molecule has 2 heterocycles. The molecule has 0 saturated carbocycles. The van der Waals surface area contributed by atoms with Crippen molar-refractivity contribution in [3.05, 3.63) is 90.4 Å². The summed E-state index contributed by atoms with van der Waals surface area (Å²) in [6.45, 7) is 10.0. The van der Waals surface area contributed by atoms with E-state index >= 15 is 0 Å². The fourth-order valence-electron chi connectivity index (χ4n) is 3.84. The van der Waals surface area contributed by atoms with E-state index in [1.54, 1.807) is 29.1 Å². The summed E-state index contributed by atoms with van der Waals surface area (Å²) in [5, 5.41) is 5.38. The third kappa shape index (κ3) is 4.19. The lowest BCUT2D eigenvalue weighted by molar-refractivity contribution is 0.111. The number of nitrogens with zero attached hydrogens (tertiary/aromatic N) is 4. The van der Waals surface area contributed by atoms with Gasteiger partial charge in [-0.15, -0.1) is 13.2 Å². The standard InChI is InChI=1S/C21H14F2N4O.C2H6.C2H4/c22-14-5-2-13(3-6-14)20-17-10-24-19(11-28)25-21(17)27(26-20)18-8-4-12-1-7-15(23)9-16(12)18;2*1-2/h1-3,5-7,9-11,18H,4,8H2;1-2H3;1-2H2. The SMILES string of the molecule is C=C.CC.O=Cc1ncc2c(-c3ccc(F)cc3)nn(C3CCc4ccc(F)cc43)c2n1. The van der Waals surface area contributed by atoms with Crippen LogP contribution in [0, 0.1) is 11.6 Å². The summed E-state index contributed by atoms with van der Waals surface area (Å²) in [5.74, 6) is -0.590. The van der Waals surface area contributed by atoms with Gasteiger partial charge in [0.1, 0.15) is 17.3 Å². The van der Waals surface area contributed by atoms with Gasteiger partial charge in [-0.3, -0.25) is 4.79 Å². The lowest BCUT2D eigenvalue weighted by Crippen LogP contribution is -2.10. The average molecular weight is 434 g/mol. The second-order valence-corrected chi connectivity index (χ2v) is 6.78. The monoisotopic (exact) mass is 434 g/mol. The first-order chi connectivity index (χ1) is 15.6. The van der Waals surface area contributed by atoms with Crippen LogP contribution < -0.4 is 0 Å². The molecule has 4 aromatic rings. The molecular formula is C25H24F2N4O. The number of fused-ring (bicyclic) bond motifs is 2. The highest BCUT2D eigenvalue weighted by molar-refractivity contribution is 5.91. The number of aromatic nitrogens is 4. The summed E-state index contributed by atoms with van der Waals surface area (Å²) in [6.07, 6.45) is 3.68. The predicted octanol–water partition coefficient (Wildman–Crippen LogP) is 5.95. The zero-order chi connectivity index (χ0) is 23.3. The van der Waals surface area contributed by atoms with Crippen molar-refractivity contribution in [1.29, 1.82) is 0 Å². The molecule has 0 N–H and O–H groups in total. The van der Waals surface area contributed by atoms with E-state index in [0.717, 1.165) is 24.0 Å². The molecule has 0 spiro atoms. The summed E-state index contributed by atoms with van der Waals surface area (Å²) in [5.41, 5.74) is 3.74. The summed E-state index contributed by atoms with van der Waals surface area (Å²) in [6, 6.07) is 10.6. The maximum atomic E-state index is 13.9. The van der Waals surface area contributed by atoms with Gasteiger partial charge in [-0.25, -0.2) is 23.4 Å². The Hall–Kier alpha value is -3.74. The highest BCUT2D eigenvalue weighted by Crippen LogP contribution is 2.38.